The third kappa shape index (κ3) is 1.28. The van der Waals surface area contributed by atoms with Gasteiger partial charge in [-0.25, -0.2) is 0 Å². The minimum absolute atomic E-state index is 0.0293. The van der Waals surface area contributed by atoms with Gasteiger partial charge in [0.2, 0.25) is 0 Å². The van der Waals surface area contributed by atoms with Gasteiger partial charge in [0.05, 0.1) is 0 Å². The number of hydrogen-bond acceptors (Lipinski definition) is 1. The minimum Gasteiger partial charge on any atom is -0.132 e. The molecule has 0 aliphatic carbocycles. The van der Waals surface area contributed by atoms with Gasteiger partial charge in [-0.15, -0.1) is 23.4 Å². The van der Waals surface area contributed by atoms with Crippen LogP contribution in [-0.2, 0) is 0 Å². The summed E-state index contributed by atoms with van der Waals surface area (Å²) in [5.74, 6) is 0.965. The maximum absolute atomic E-state index is 5.63. The van der Waals surface area contributed by atoms with Gasteiger partial charge in [-0.2, -0.15) is 0 Å². The predicted molar refractivity (Wildman–Crippen MR) is 36.0 cm³/mol. The highest BCUT2D eigenvalue weighted by atomic mass is 35.5. The van der Waals surface area contributed by atoms with Gasteiger partial charge in [0.1, 0.15) is 4.71 Å². The third-order valence-electron chi connectivity index (χ3n) is 0.738. The van der Waals surface area contributed by atoms with Crippen LogP contribution in [0.5, 0.6) is 0 Å². The van der Waals surface area contributed by atoms with Crippen molar-refractivity contribution >= 4 is 35.0 Å². The van der Waals surface area contributed by atoms with Crippen LogP contribution in [-0.4, -0.2) is 10.5 Å². The van der Waals surface area contributed by atoms with Crippen molar-refractivity contribution in [2.24, 2.45) is 0 Å². The van der Waals surface area contributed by atoms with Crippen LogP contribution in [0.15, 0.2) is 11.1 Å². The van der Waals surface area contributed by atoms with Crippen LogP contribution in [0.25, 0.3) is 0 Å². The number of thioether (sulfide) groups is 1. The van der Waals surface area contributed by atoms with Crippen LogP contribution in [0.4, 0.5) is 0 Å². The number of halogens is 2. The molecule has 1 heterocycles. The molecule has 1 aliphatic heterocycles. The van der Waals surface area contributed by atoms with E-state index in [2.05, 4.69) is 0 Å². The molecule has 0 fully saturated rings. The fourth-order valence-corrected chi connectivity index (χ4v) is 1.75. The Morgan fingerprint density at radius 3 is 2.71 bits per heavy atom. The Hall–Kier alpha value is 0.670. The molecule has 1 aliphatic rings. The van der Waals surface area contributed by atoms with Crippen molar-refractivity contribution in [3.8, 4) is 0 Å². The van der Waals surface area contributed by atoms with Crippen LogP contribution < -0.4 is 0 Å². The molecular weight excluding hydrogens is 151 g/mol. The van der Waals surface area contributed by atoms with Crippen LogP contribution in [0, 0.1) is 0 Å². The molecule has 0 nitrogen and oxygen atoms in total. The van der Waals surface area contributed by atoms with E-state index in [0.29, 0.717) is 0 Å². The molecule has 1 rings (SSSR count). The minimum atomic E-state index is 0.0293. The molecule has 7 heavy (non-hydrogen) atoms. The lowest BCUT2D eigenvalue weighted by Crippen LogP contribution is -1.81. The molecule has 0 aromatic rings. The van der Waals surface area contributed by atoms with Crippen molar-refractivity contribution in [3.05, 3.63) is 11.1 Å². The third-order valence-corrected chi connectivity index (χ3v) is 2.87. The Morgan fingerprint density at radius 2 is 2.57 bits per heavy atom. The zero-order valence-electron chi connectivity index (χ0n) is 3.53. The summed E-state index contributed by atoms with van der Waals surface area (Å²) in [6.45, 7) is 0. The zero-order chi connectivity index (χ0) is 5.28. The van der Waals surface area contributed by atoms with Crippen LogP contribution >= 0.6 is 35.0 Å². The van der Waals surface area contributed by atoms with E-state index in [9.17, 15) is 0 Å². The van der Waals surface area contributed by atoms with Crippen molar-refractivity contribution < 1.29 is 0 Å². The molecule has 0 bridgehead atoms. The van der Waals surface area contributed by atoms with E-state index in [1.54, 1.807) is 11.8 Å². The zero-order valence-corrected chi connectivity index (χ0v) is 5.85. The molecule has 0 spiro atoms. The second kappa shape index (κ2) is 2.29. The molecular formula is C4H4Cl2S. The summed E-state index contributed by atoms with van der Waals surface area (Å²) in [7, 11) is 0. The Kier molecular flexibility index (Phi) is 1.90. The van der Waals surface area contributed by atoms with Gasteiger partial charge in [0, 0.05) is 10.8 Å². The summed E-state index contributed by atoms with van der Waals surface area (Å²) >= 11 is 12.8. The molecule has 0 N–H and O–H groups in total. The largest absolute Gasteiger partial charge is 0.132 e. The average molecular weight is 155 g/mol. The molecule has 0 saturated heterocycles. The number of hydrogen-bond donors (Lipinski definition) is 0. The molecule has 0 aromatic carbocycles. The molecule has 1 atom stereocenters. The number of alkyl halides is 1. The van der Waals surface area contributed by atoms with E-state index in [1.165, 1.54) is 0 Å². The first-order valence-corrected chi connectivity index (χ1v) is 3.78. The van der Waals surface area contributed by atoms with E-state index < -0.39 is 0 Å². The first kappa shape index (κ1) is 5.80. The van der Waals surface area contributed by atoms with Crippen molar-refractivity contribution in [1.82, 2.24) is 0 Å². The first-order chi connectivity index (χ1) is 3.30. The summed E-state index contributed by atoms with van der Waals surface area (Å²) in [5.41, 5.74) is 0. The monoisotopic (exact) mass is 154 g/mol. The fraction of sp³-hybridized carbons (Fsp3) is 0.500. The standard InChI is InChI=1S/C4H4Cl2S/c5-3-1-2-7-4(3)6/h1,4H,2H2. The van der Waals surface area contributed by atoms with E-state index in [1.807, 2.05) is 6.08 Å². The molecule has 3 heteroatoms. The van der Waals surface area contributed by atoms with Gasteiger partial charge in [-0.3, -0.25) is 0 Å². The van der Waals surface area contributed by atoms with Crippen LogP contribution in [0.2, 0.25) is 0 Å². The molecule has 40 valence electrons. The van der Waals surface area contributed by atoms with Gasteiger partial charge >= 0.3 is 0 Å². The molecule has 0 aromatic heterocycles. The highest BCUT2D eigenvalue weighted by Crippen LogP contribution is 2.31. The average Bonchev–Trinajstić information content (AvgIpc) is 1.91. The van der Waals surface area contributed by atoms with Gasteiger partial charge in [0.25, 0.3) is 0 Å². The van der Waals surface area contributed by atoms with E-state index in [-0.39, 0.29) is 4.71 Å². The van der Waals surface area contributed by atoms with E-state index in [0.717, 1.165) is 10.8 Å². The fourth-order valence-electron chi connectivity index (χ4n) is 0.384. The normalized spacial score (nSPS) is 30.6. The topological polar surface area (TPSA) is 0 Å². The highest BCUT2D eigenvalue weighted by Gasteiger charge is 2.13. The van der Waals surface area contributed by atoms with Crippen LogP contribution in [0.3, 0.4) is 0 Å². The Morgan fingerprint density at radius 1 is 1.86 bits per heavy atom. The first-order valence-electron chi connectivity index (χ1n) is 1.92. The lowest BCUT2D eigenvalue weighted by Gasteiger charge is -1.93. The lowest BCUT2D eigenvalue weighted by atomic mass is 10.6. The molecule has 0 amide bonds. The quantitative estimate of drug-likeness (QED) is 0.484. The maximum Gasteiger partial charge on any atom is 0.114 e. The maximum atomic E-state index is 5.63. The lowest BCUT2D eigenvalue weighted by molar-refractivity contribution is 1.60. The van der Waals surface area contributed by atoms with Gasteiger partial charge in [-0.05, 0) is 0 Å². The van der Waals surface area contributed by atoms with Gasteiger partial charge in [-0.1, -0.05) is 17.7 Å². The highest BCUT2D eigenvalue weighted by molar-refractivity contribution is 8.01. The summed E-state index contributed by atoms with van der Waals surface area (Å²) in [5, 5.41) is 0.784. The Balaban J connectivity index is 2.54. The Labute approximate surface area is 56.9 Å². The van der Waals surface area contributed by atoms with Crippen LogP contribution in [0.1, 0.15) is 0 Å². The Bertz CT molecular complexity index is 99.9. The summed E-state index contributed by atoms with van der Waals surface area (Å²) < 4.78 is 0.0293. The van der Waals surface area contributed by atoms with E-state index >= 15 is 0 Å². The summed E-state index contributed by atoms with van der Waals surface area (Å²) in [6, 6.07) is 0. The smallest absolute Gasteiger partial charge is 0.114 e. The second-order valence-corrected chi connectivity index (χ2v) is 3.51. The molecule has 0 saturated carbocycles. The van der Waals surface area contributed by atoms with Gasteiger partial charge in [0.15, 0.2) is 0 Å². The van der Waals surface area contributed by atoms with Crippen molar-refractivity contribution in [1.29, 1.82) is 0 Å². The SMILES string of the molecule is ClC1=CCSC1Cl. The predicted octanol–water partition coefficient (Wildman–Crippen LogP) is 2.42. The molecule has 1 unspecified atom stereocenters. The second-order valence-electron chi connectivity index (χ2n) is 1.24. The summed E-state index contributed by atoms with van der Waals surface area (Å²) in [4.78, 5) is 0. The van der Waals surface area contributed by atoms with Crippen molar-refractivity contribution in [2.75, 3.05) is 5.75 Å². The summed E-state index contributed by atoms with van der Waals surface area (Å²) in [6.07, 6.45) is 1.93. The number of rotatable bonds is 0. The molecule has 0 radical (unpaired) electrons. The van der Waals surface area contributed by atoms with Crippen molar-refractivity contribution in [2.45, 2.75) is 4.71 Å². The van der Waals surface area contributed by atoms with Gasteiger partial charge < -0.3 is 0 Å². The van der Waals surface area contributed by atoms with E-state index in [4.69, 9.17) is 23.2 Å². The van der Waals surface area contributed by atoms with Crippen molar-refractivity contribution in [3.63, 3.8) is 0 Å².